The van der Waals surface area contributed by atoms with Gasteiger partial charge < -0.3 is 19.3 Å². The van der Waals surface area contributed by atoms with Gasteiger partial charge in [0.25, 0.3) is 11.8 Å². The number of aromatic nitrogens is 2. The Labute approximate surface area is 406 Å². The fourth-order valence-corrected chi connectivity index (χ4v) is 11.3. The number of nitrogens with zero attached hydrogens (tertiary/aromatic N) is 8. The zero-order valence-corrected chi connectivity index (χ0v) is 39.9. The van der Waals surface area contributed by atoms with Crippen molar-refractivity contribution in [1.29, 1.82) is 5.26 Å². The second kappa shape index (κ2) is 18.6. The number of hydrogen-bond acceptors (Lipinski definition) is 13. The standard InChI is InChI=1S/C51H55Cl2N9O6/c1-50(2,34-23-32(26-54)45(42(53)24-34)67-22-16-52)33-3-6-39(7-4-33)68-29-35-11-17-55-49(56-35)59-20-14-51(15-21-59)30-61(31-51)36-12-18-58(19-13-36)38-27-60(28-38)37-5-8-40-41(25-37)48(66)62(47(40)65)43-9-10-44(63)57-46(43)64/h3-8,11,17,23-25,36,38,43H,9-10,12-16,18-22,27-31H2,1-2H3,(H,57,63,64). The first kappa shape index (κ1) is 46.0. The van der Waals surface area contributed by atoms with Gasteiger partial charge in [0.05, 0.1) is 33.3 Å². The lowest BCUT2D eigenvalue weighted by Crippen LogP contribution is -2.66. The van der Waals surface area contributed by atoms with Gasteiger partial charge >= 0.3 is 0 Å². The number of amides is 4. The number of ether oxygens (including phenoxy) is 2. The van der Waals surface area contributed by atoms with Crippen molar-refractivity contribution in [2.45, 2.75) is 82.5 Å². The fraction of sp³-hybridized carbons (Fsp3) is 0.471. The van der Waals surface area contributed by atoms with Crippen LogP contribution >= 0.6 is 23.2 Å². The van der Waals surface area contributed by atoms with Crippen molar-refractivity contribution in [3.8, 4) is 17.6 Å². The molecule has 354 valence electrons. The number of likely N-dealkylation sites (tertiary alicyclic amines) is 2. The van der Waals surface area contributed by atoms with Crippen LogP contribution in [0.25, 0.3) is 0 Å². The summed E-state index contributed by atoms with van der Waals surface area (Å²) in [6, 6.07) is 21.2. The molecule has 1 N–H and O–H groups in total. The molecule has 5 fully saturated rings. The molecule has 0 bridgehead atoms. The van der Waals surface area contributed by atoms with E-state index in [4.69, 9.17) is 37.7 Å². The van der Waals surface area contributed by atoms with Crippen LogP contribution in [0.1, 0.15) is 95.5 Å². The van der Waals surface area contributed by atoms with Crippen LogP contribution in [-0.4, -0.2) is 131 Å². The van der Waals surface area contributed by atoms with E-state index in [0.29, 0.717) is 57.4 Å². The summed E-state index contributed by atoms with van der Waals surface area (Å²) in [5.74, 6) is 0.203. The molecule has 6 aliphatic rings. The average molecular weight is 961 g/mol. The summed E-state index contributed by atoms with van der Waals surface area (Å²) < 4.78 is 11.8. The molecule has 1 unspecified atom stereocenters. The molecule has 4 aromatic rings. The number of imide groups is 2. The monoisotopic (exact) mass is 959 g/mol. The summed E-state index contributed by atoms with van der Waals surface area (Å²) >= 11 is 12.4. The fourth-order valence-electron chi connectivity index (χ4n) is 11.0. The van der Waals surface area contributed by atoms with E-state index < -0.39 is 29.2 Å². The summed E-state index contributed by atoms with van der Waals surface area (Å²) in [6.45, 7) is 12.8. The molecule has 6 aliphatic heterocycles. The second-order valence-corrected chi connectivity index (χ2v) is 20.5. The number of piperidine rings is 3. The lowest BCUT2D eigenvalue weighted by Gasteiger charge is -2.58. The number of halogens is 2. The Balaban J connectivity index is 0.655. The van der Waals surface area contributed by atoms with Gasteiger partial charge in [-0.05, 0) is 97.2 Å². The van der Waals surface area contributed by atoms with Crippen molar-refractivity contribution >= 4 is 58.5 Å². The summed E-state index contributed by atoms with van der Waals surface area (Å²) in [7, 11) is 0. The summed E-state index contributed by atoms with van der Waals surface area (Å²) in [5, 5.41) is 12.4. The number of nitrogens with one attached hydrogen (secondary N) is 1. The number of carbonyl (C=O) groups is 4. The van der Waals surface area contributed by atoms with E-state index in [9.17, 15) is 24.4 Å². The smallest absolute Gasteiger partial charge is 0.262 e. The number of benzene rings is 3. The maximum absolute atomic E-state index is 13.4. The van der Waals surface area contributed by atoms with Crippen molar-refractivity contribution in [2.75, 3.05) is 74.6 Å². The number of rotatable bonds is 13. The number of hydrogen-bond donors (Lipinski definition) is 1. The lowest BCUT2D eigenvalue weighted by atomic mass is 9.71. The van der Waals surface area contributed by atoms with Crippen molar-refractivity contribution in [2.24, 2.45) is 5.41 Å². The van der Waals surface area contributed by atoms with Gasteiger partial charge in [-0.15, -0.1) is 11.6 Å². The first-order valence-electron chi connectivity index (χ1n) is 23.6. The Bertz CT molecular complexity index is 2660. The highest BCUT2D eigenvalue weighted by atomic mass is 35.5. The van der Waals surface area contributed by atoms with E-state index in [0.717, 1.165) is 117 Å². The van der Waals surface area contributed by atoms with Crippen LogP contribution in [0.5, 0.6) is 11.5 Å². The Morgan fingerprint density at radius 1 is 0.838 bits per heavy atom. The molecule has 0 saturated carbocycles. The predicted octanol–water partition coefficient (Wildman–Crippen LogP) is 6.18. The van der Waals surface area contributed by atoms with Gasteiger partial charge in [0, 0.05) is 88.2 Å². The van der Waals surface area contributed by atoms with E-state index >= 15 is 0 Å². The Morgan fingerprint density at radius 2 is 1.57 bits per heavy atom. The van der Waals surface area contributed by atoms with Crippen molar-refractivity contribution < 1.29 is 28.7 Å². The summed E-state index contributed by atoms with van der Waals surface area (Å²) in [5.41, 5.74) is 4.60. The molecular weight excluding hydrogens is 906 g/mol. The van der Waals surface area contributed by atoms with Crippen molar-refractivity contribution in [3.63, 3.8) is 0 Å². The van der Waals surface area contributed by atoms with E-state index in [1.165, 1.54) is 0 Å². The molecule has 17 heteroatoms. The van der Waals surface area contributed by atoms with Crippen LogP contribution in [-0.2, 0) is 21.6 Å². The molecule has 1 atom stereocenters. The van der Waals surface area contributed by atoms with Gasteiger partial charge in [-0.2, -0.15) is 5.26 Å². The third kappa shape index (κ3) is 8.76. The third-order valence-corrected chi connectivity index (χ3v) is 15.7. The first-order chi connectivity index (χ1) is 32.8. The molecule has 3 aromatic carbocycles. The molecule has 7 heterocycles. The largest absolute Gasteiger partial charge is 0.489 e. The van der Waals surface area contributed by atoms with Crippen LogP contribution in [0.2, 0.25) is 5.02 Å². The molecule has 1 aromatic heterocycles. The molecule has 5 saturated heterocycles. The number of alkyl halides is 1. The Morgan fingerprint density at radius 3 is 2.28 bits per heavy atom. The van der Waals surface area contributed by atoms with Crippen molar-refractivity contribution in [1.82, 2.24) is 30.0 Å². The van der Waals surface area contributed by atoms with E-state index in [-0.39, 0.29) is 25.4 Å². The summed E-state index contributed by atoms with van der Waals surface area (Å²) in [4.78, 5) is 71.1. The molecule has 1 spiro atoms. The highest BCUT2D eigenvalue weighted by Crippen LogP contribution is 2.44. The minimum absolute atomic E-state index is 0.0984. The maximum Gasteiger partial charge on any atom is 0.262 e. The molecule has 0 radical (unpaired) electrons. The van der Waals surface area contributed by atoms with Crippen LogP contribution in [0, 0.1) is 16.7 Å². The normalized spacial score (nSPS) is 21.3. The van der Waals surface area contributed by atoms with Gasteiger partial charge in [-0.3, -0.25) is 39.2 Å². The summed E-state index contributed by atoms with van der Waals surface area (Å²) in [6.07, 6.45) is 6.64. The van der Waals surface area contributed by atoms with Crippen LogP contribution in [0.3, 0.4) is 0 Å². The van der Waals surface area contributed by atoms with Crippen molar-refractivity contribution in [3.05, 3.63) is 105 Å². The minimum atomic E-state index is -0.964. The van der Waals surface area contributed by atoms with Gasteiger partial charge in [0.2, 0.25) is 17.8 Å². The Hall–Kier alpha value is -5.79. The molecule has 0 aliphatic carbocycles. The molecule has 10 rings (SSSR count). The average Bonchev–Trinajstić information content (AvgIpc) is 3.57. The highest BCUT2D eigenvalue weighted by Gasteiger charge is 2.49. The number of nitriles is 1. The molecule has 4 amide bonds. The first-order valence-corrected chi connectivity index (χ1v) is 24.6. The van der Waals surface area contributed by atoms with Gasteiger partial charge in [-0.25, -0.2) is 9.97 Å². The molecular formula is C51H55Cl2N9O6. The van der Waals surface area contributed by atoms with Gasteiger partial charge in [0.1, 0.15) is 31.1 Å². The van der Waals surface area contributed by atoms with Gasteiger partial charge in [-0.1, -0.05) is 37.6 Å². The highest BCUT2D eigenvalue weighted by molar-refractivity contribution is 6.32. The Kier molecular flexibility index (Phi) is 12.6. The number of anilines is 2. The van der Waals surface area contributed by atoms with Gasteiger partial charge in [0.15, 0.2) is 5.75 Å². The number of fused-ring (bicyclic) bond motifs is 1. The molecule has 68 heavy (non-hydrogen) atoms. The van der Waals surface area contributed by atoms with E-state index in [1.807, 2.05) is 54.7 Å². The molecule has 15 nitrogen and oxygen atoms in total. The van der Waals surface area contributed by atoms with Crippen LogP contribution in [0.15, 0.2) is 66.9 Å². The van der Waals surface area contributed by atoms with E-state index in [2.05, 4.69) is 49.8 Å². The maximum atomic E-state index is 13.4. The van der Waals surface area contributed by atoms with Crippen LogP contribution in [0.4, 0.5) is 11.6 Å². The quantitative estimate of drug-likeness (QED) is 0.120. The third-order valence-electron chi connectivity index (χ3n) is 15.2. The topological polar surface area (TPSA) is 165 Å². The zero-order valence-electron chi connectivity index (χ0n) is 38.4. The second-order valence-electron chi connectivity index (χ2n) is 19.7. The van der Waals surface area contributed by atoms with Crippen LogP contribution < -0.4 is 24.6 Å². The van der Waals surface area contributed by atoms with E-state index in [1.54, 1.807) is 12.1 Å². The minimum Gasteiger partial charge on any atom is -0.489 e. The number of carbonyl (C=O) groups excluding carboxylic acids is 4. The predicted molar refractivity (Wildman–Crippen MR) is 256 cm³/mol. The zero-order chi connectivity index (χ0) is 47.3. The SMILES string of the molecule is CC(C)(c1ccc(OCc2ccnc(N3CCC4(CC3)CN(C3CCN(C5CN(c6ccc7c(c6)C(=O)N(C6CCC(=O)NC6=O)C7=O)C5)CC3)C4)n2)cc1)c1cc(Cl)c(OCCCl)c(C#N)c1. The lowest BCUT2D eigenvalue weighted by molar-refractivity contribution is -0.136.